The Hall–Kier alpha value is -2.76. The number of rotatable bonds is 11. The first-order valence-corrected chi connectivity index (χ1v) is 23.8. The van der Waals surface area contributed by atoms with Crippen LogP contribution in [-0.4, -0.2) is 60.7 Å². The molecule has 0 unspecified atom stereocenters. The molecule has 1 N–H and O–H groups in total. The molecule has 1 aliphatic heterocycles. The summed E-state index contributed by atoms with van der Waals surface area (Å²) in [7, 11) is -1.71. The van der Waals surface area contributed by atoms with Gasteiger partial charge in [-0.05, 0) is 121 Å². The molecule has 3 aromatic carbocycles. The molecular weight excluding hydrogens is 639 g/mol. The highest BCUT2D eigenvalue weighted by atomic mass is 28.4. The number of hydrogen-bond donors (Lipinski definition) is 1. The molecule has 49 heavy (non-hydrogen) atoms. The van der Waals surface area contributed by atoms with Gasteiger partial charge in [0.2, 0.25) is 0 Å². The molecule has 0 radical (unpaired) electrons. The molecule has 1 amide bonds. The summed E-state index contributed by atoms with van der Waals surface area (Å²) in [6.07, 6.45) is 0. The topological polar surface area (TPSA) is 54.0 Å². The number of aryl methyl sites for hydroxylation is 1. The van der Waals surface area contributed by atoms with E-state index in [1.54, 1.807) is 0 Å². The van der Waals surface area contributed by atoms with Crippen molar-refractivity contribution in [1.29, 1.82) is 0 Å². The van der Waals surface area contributed by atoms with Gasteiger partial charge in [-0.1, -0.05) is 71.9 Å². The highest BCUT2D eigenvalue weighted by Crippen LogP contribution is 2.39. The van der Waals surface area contributed by atoms with Gasteiger partial charge in [0, 0.05) is 37.4 Å². The summed E-state index contributed by atoms with van der Waals surface area (Å²) in [6.45, 7) is 32.2. The molecule has 4 rings (SSSR count). The highest BCUT2D eigenvalue weighted by Gasteiger charge is 2.38. The number of nitrogens with one attached hydrogen (secondary N) is 1. The number of likely N-dealkylation sites (N-methyl/N-ethyl adjacent to an activating group) is 1. The lowest BCUT2D eigenvalue weighted by Crippen LogP contribution is -2.44. The van der Waals surface area contributed by atoms with Crippen LogP contribution in [0.25, 0.3) is 11.1 Å². The normalized spacial score (nSPS) is 15.7. The maximum atomic E-state index is 13.7. The second-order valence-corrected chi connectivity index (χ2v) is 26.9. The third kappa shape index (κ3) is 9.94. The van der Waals surface area contributed by atoms with Gasteiger partial charge in [-0.3, -0.25) is 4.79 Å². The van der Waals surface area contributed by atoms with Gasteiger partial charge >= 0.3 is 0 Å². The molecule has 3 aromatic rings. The second-order valence-electron chi connectivity index (χ2n) is 17.2. The van der Waals surface area contributed by atoms with Crippen LogP contribution in [0, 0.1) is 6.92 Å². The Morgan fingerprint density at radius 3 is 1.86 bits per heavy atom. The predicted octanol–water partition coefficient (Wildman–Crippen LogP) is 9.95. The van der Waals surface area contributed by atoms with Crippen LogP contribution in [0.1, 0.15) is 87.1 Å². The molecule has 0 aromatic heterocycles. The lowest BCUT2D eigenvalue weighted by Gasteiger charge is -2.36. The standard InChI is InChI=1S/C41H63N3O3Si2/c1-30-17-18-37(44-21-19-43(9)20-22-44)27-38(30)39(45)42-31(2)34-15-14-16-35(26-34)36-24-32(28-46-48(10,11)40(3,4)5)23-33(25-36)29-47-49(12,13)41(6,7)8/h14-18,23-27,31H,19-22,28-29H2,1-13H3,(H,42,45)/t31-/m1/s1. The minimum Gasteiger partial charge on any atom is -0.413 e. The quantitative estimate of drug-likeness (QED) is 0.202. The number of piperazine rings is 1. The predicted molar refractivity (Wildman–Crippen MR) is 213 cm³/mol. The van der Waals surface area contributed by atoms with Gasteiger partial charge in [0.05, 0.1) is 19.3 Å². The Balaban J connectivity index is 1.58. The fourth-order valence-corrected chi connectivity index (χ4v) is 7.44. The van der Waals surface area contributed by atoms with Crippen molar-refractivity contribution < 1.29 is 13.6 Å². The molecule has 0 aliphatic carbocycles. The average Bonchev–Trinajstić information content (AvgIpc) is 3.02. The summed E-state index contributed by atoms with van der Waals surface area (Å²) in [6, 6.07) is 21.5. The maximum Gasteiger partial charge on any atom is 0.252 e. The number of hydrogen-bond acceptors (Lipinski definition) is 5. The van der Waals surface area contributed by atoms with Gasteiger partial charge in [-0.15, -0.1) is 0 Å². The molecule has 1 saturated heterocycles. The Kier molecular flexibility index (Phi) is 12.1. The first-order chi connectivity index (χ1) is 22.7. The zero-order valence-corrected chi connectivity index (χ0v) is 34.7. The van der Waals surface area contributed by atoms with Gasteiger partial charge < -0.3 is 24.0 Å². The molecular formula is C41H63N3O3Si2. The van der Waals surface area contributed by atoms with Crippen molar-refractivity contribution in [3.05, 3.63) is 88.5 Å². The first kappa shape index (κ1) is 39.0. The largest absolute Gasteiger partial charge is 0.413 e. The number of nitrogens with zero attached hydrogens (tertiary/aromatic N) is 2. The fraction of sp³-hybridized carbons (Fsp3) is 0.537. The summed E-state index contributed by atoms with van der Waals surface area (Å²) in [5, 5.41) is 3.57. The van der Waals surface area contributed by atoms with Crippen molar-refractivity contribution >= 4 is 28.2 Å². The minimum atomic E-state index is -1.93. The summed E-state index contributed by atoms with van der Waals surface area (Å²) in [5.41, 5.74) is 8.50. The number of carbonyl (C=O) groups is 1. The van der Waals surface area contributed by atoms with Crippen LogP contribution in [0.15, 0.2) is 60.7 Å². The Bertz CT molecular complexity index is 1550. The van der Waals surface area contributed by atoms with E-state index in [9.17, 15) is 4.79 Å². The summed E-state index contributed by atoms with van der Waals surface area (Å²) >= 11 is 0. The molecule has 0 bridgehead atoms. The zero-order chi connectivity index (χ0) is 36.4. The Labute approximate surface area is 299 Å². The molecule has 6 nitrogen and oxygen atoms in total. The molecule has 268 valence electrons. The lowest BCUT2D eigenvalue weighted by atomic mass is 9.97. The van der Waals surface area contributed by atoms with Crippen LogP contribution in [0.3, 0.4) is 0 Å². The molecule has 0 spiro atoms. The van der Waals surface area contributed by atoms with Crippen molar-refractivity contribution in [3.8, 4) is 11.1 Å². The Morgan fingerprint density at radius 1 is 0.776 bits per heavy atom. The third-order valence-electron chi connectivity index (χ3n) is 11.3. The van der Waals surface area contributed by atoms with Crippen LogP contribution in [0.4, 0.5) is 5.69 Å². The van der Waals surface area contributed by atoms with E-state index in [-0.39, 0.29) is 22.0 Å². The van der Waals surface area contributed by atoms with Crippen molar-refractivity contribution in [3.63, 3.8) is 0 Å². The third-order valence-corrected chi connectivity index (χ3v) is 20.2. The highest BCUT2D eigenvalue weighted by molar-refractivity contribution is 6.74. The van der Waals surface area contributed by atoms with Crippen molar-refractivity contribution in [2.45, 2.75) is 111 Å². The molecule has 1 aliphatic rings. The van der Waals surface area contributed by atoms with Gasteiger partial charge in [0.1, 0.15) is 0 Å². The molecule has 1 heterocycles. The number of carbonyl (C=O) groups excluding carboxylic acids is 1. The number of benzene rings is 3. The van der Waals surface area contributed by atoms with Crippen molar-refractivity contribution in [2.24, 2.45) is 0 Å². The smallest absolute Gasteiger partial charge is 0.252 e. The summed E-state index contributed by atoms with van der Waals surface area (Å²) in [4.78, 5) is 18.4. The zero-order valence-electron chi connectivity index (χ0n) is 32.7. The molecule has 8 heteroatoms. The second kappa shape index (κ2) is 15.2. The average molecular weight is 702 g/mol. The molecule has 1 atom stereocenters. The van der Waals surface area contributed by atoms with Gasteiger partial charge in [0.15, 0.2) is 16.6 Å². The van der Waals surface area contributed by atoms with Crippen LogP contribution < -0.4 is 10.2 Å². The molecule has 0 saturated carbocycles. The van der Waals surface area contributed by atoms with E-state index < -0.39 is 16.6 Å². The van der Waals surface area contributed by atoms with E-state index in [2.05, 4.69) is 157 Å². The number of anilines is 1. The van der Waals surface area contributed by atoms with Gasteiger partial charge in [0.25, 0.3) is 5.91 Å². The van der Waals surface area contributed by atoms with Crippen molar-refractivity contribution in [1.82, 2.24) is 10.2 Å². The van der Waals surface area contributed by atoms with E-state index in [0.29, 0.717) is 13.2 Å². The minimum absolute atomic E-state index is 0.0405. The summed E-state index contributed by atoms with van der Waals surface area (Å²) in [5.74, 6) is -0.0405. The van der Waals surface area contributed by atoms with Crippen LogP contribution in [0.2, 0.25) is 36.3 Å². The van der Waals surface area contributed by atoms with Gasteiger partial charge in [-0.25, -0.2) is 0 Å². The Morgan fingerprint density at radius 2 is 1.33 bits per heavy atom. The van der Waals surface area contributed by atoms with Gasteiger partial charge in [-0.2, -0.15) is 0 Å². The fourth-order valence-electron chi connectivity index (χ4n) is 5.52. The van der Waals surface area contributed by atoms with E-state index in [1.165, 1.54) is 11.1 Å². The number of amides is 1. The molecule has 1 fully saturated rings. The van der Waals surface area contributed by atoms with E-state index in [4.69, 9.17) is 8.85 Å². The van der Waals surface area contributed by atoms with Crippen LogP contribution >= 0.6 is 0 Å². The van der Waals surface area contributed by atoms with Crippen LogP contribution in [0.5, 0.6) is 0 Å². The lowest BCUT2D eigenvalue weighted by molar-refractivity contribution is 0.0939. The van der Waals surface area contributed by atoms with E-state index in [0.717, 1.165) is 59.7 Å². The van der Waals surface area contributed by atoms with E-state index >= 15 is 0 Å². The van der Waals surface area contributed by atoms with Crippen molar-refractivity contribution in [2.75, 3.05) is 38.1 Å². The van der Waals surface area contributed by atoms with Crippen LogP contribution in [-0.2, 0) is 22.1 Å². The summed E-state index contributed by atoms with van der Waals surface area (Å²) < 4.78 is 13.4. The SMILES string of the molecule is Cc1ccc(N2CCN(C)CC2)cc1C(=O)N[C@H](C)c1cccc(-c2cc(CO[Si](C)(C)C(C)(C)C)cc(CO[Si](C)(C)C(C)(C)C)c2)c1. The monoisotopic (exact) mass is 701 g/mol. The maximum absolute atomic E-state index is 13.7. The first-order valence-electron chi connectivity index (χ1n) is 18.0. The van der Waals surface area contributed by atoms with E-state index in [1.807, 2.05) is 6.92 Å².